The zero-order chi connectivity index (χ0) is 13.9. The molecule has 4 nitrogen and oxygen atoms in total. The topological polar surface area (TPSA) is 48.2 Å². The van der Waals surface area contributed by atoms with Crippen molar-refractivity contribution in [1.29, 1.82) is 0 Å². The van der Waals surface area contributed by atoms with E-state index in [1.165, 1.54) is 11.3 Å². The van der Waals surface area contributed by atoms with Gasteiger partial charge in [-0.2, -0.15) is 0 Å². The third kappa shape index (κ3) is 2.69. The van der Waals surface area contributed by atoms with Crippen LogP contribution in [0.2, 0.25) is 4.34 Å². The Morgan fingerprint density at radius 3 is 2.75 bits per heavy atom. The summed E-state index contributed by atoms with van der Waals surface area (Å²) in [6.45, 7) is 2.51. The molecule has 0 bridgehead atoms. The molecule has 0 aromatic carbocycles. The molecule has 102 valence electrons. The normalized spacial score (nSPS) is 10.7. The first kappa shape index (κ1) is 13.1. The van der Waals surface area contributed by atoms with Crippen molar-refractivity contribution in [3.8, 4) is 28.0 Å². The Labute approximate surface area is 125 Å². The van der Waals surface area contributed by atoms with E-state index < -0.39 is 0 Å². The van der Waals surface area contributed by atoms with Gasteiger partial charge in [-0.05, 0) is 25.1 Å². The van der Waals surface area contributed by atoms with Gasteiger partial charge in [0.1, 0.15) is 0 Å². The van der Waals surface area contributed by atoms with E-state index in [0.29, 0.717) is 24.1 Å². The summed E-state index contributed by atoms with van der Waals surface area (Å²) >= 11 is 7.37. The molecule has 0 atom stereocenters. The molecule has 20 heavy (non-hydrogen) atoms. The first-order valence-electron chi connectivity index (χ1n) is 6.07. The van der Waals surface area contributed by atoms with Gasteiger partial charge in [-0.1, -0.05) is 11.6 Å². The molecule has 0 aliphatic carbocycles. The summed E-state index contributed by atoms with van der Waals surface area (Å²) < 4.78 is 11.8. The highest BCUT2D eigenvalue weighted by molar-refractivity contribution is 7.19. The Bertz CT molecular complexity index is 706. The molecule has 0 aliphatic heterocycles. The Morgan fingerprint density at radius 2 is 2.10 bits per heavy atom. The molecule has 3 heterocycles. The lowest BCUT2D eigenvalue weighted by Gasteiger charge is -2.01. The Kier molecular flexibility index (Phi) is 3.71. The van der Waals surface area contributed by atoms with Gasteiger partial charge in [0.05, 0.1) is 27.6 Å². The highest BCUT2D eigenvalue weighted by Gasteiger charge is 2.10. The predicted molar refractivity (Wildman–Crippen MR) is 79.2 cm³/mol. The maximum absolute atomic E-state index is 5.91. The van der Waals surface area contributed by atoms with Crippen LogP contribution in [-0.4, -0.2) is 16.6 Å². The second-order valence-corrected chi connectivity index (χ2v) is 5.67. The van der Waals surface area contributed by atoms with Crippen LogP contribution in [0.3, 0.4) is 0 Å². The fourth-order valence-corrected chi connectivity index (χ4v) is 2.70. The van der Waals surface area contributed by atoms with Crippen molar-refractivity contribution in [2.45, 2.75) is 6.92 Å². The number of pyridine rings is 1. The third-order valence-electron chi connectivity index (χ3n) is 2.60. The van der Waals surface area contributed by atoms with E-state index in [-0.39, 0.29) is 0 Å². The smallest absolute Gasteiger partial charge is 0.228 e. The molecular weight excluding hydrogens is 296 g/mol. The van der Waals surface area contributed by atoms with Gasteiger partial charge in [0.2, 0.25) is 11.8 Å². The number of ether oxygens (including phenoxy) is 1. The standard InChI is InChI=1S/C14H11ClN2O2S/c1-2-18-13-6-3-9(7-16-13)14-17-8-10(19-14)11-4-5-12(15)20-11/h3-8H,2H2,1H3. The van der Waals surface area contributed by atoms with Crippen molar-refractivity contribution in [3.05, 3.63) is 41.0 Å². The Hall–Kier alpha value is -1.85. The molecule has 0 saturated carbocycles. The SMILES string of the molecule is CCOc1ccc(-c2ncc(-c3ccc(Cl)s3)o2)cn1. The van der Waals surface area contributed by atoms with Gasteiger partial charge in [-0.25, -0.2) is 9.97 Å². The number of aromatic nitrogens is 2. The summed E-state index contributed by atoms with van der Waals surface area (Å²) in [4.78, 5) is 9.41. The van der Waals surface area contributed by atoms with Gasteiger partial charge in [0, 0.05) is 12.3 Å². The van der Waals surface area contributed by atoms with Gasteiger partial charge >= 0.3 is 0 Å². The molecule has 0 fully saturated rings. The van der Waals surface area contributed by atoms with E-state index in [2.05, 4.69) is 9.97 Å². The van der Waals surface area contributed by atoms with Crippen LogP contribution >= 0.6 is 22.9 Å². The lowest BCUT2D eigenvalue weighted by Crippen LogP contribution is -1.93. The lowest BCUT2D eigenvalue weighted by atomic mass is 10.3. The second kappa shape index (κ2) is 5.64. The Balaban J connectivity index is 1.86. The van der Waals surface area contributed by atoms with Gasteiger partial charge in [-0.15, -0.1) is 11.3 Å². The monoisotopic (exact) mass is 306 g/mol. The van der Waals surface area contributed by atoms with E-state index in [1.54, 1.807) is 18.5 Å². The van der Waals surface area contributed by atoms with Crippen LogP contribution in [0.1, 0.15) is 6.92 Å². The van der Waals surface area contributed by atoms with E-state index in [1.807, 2.05) is 25.1 Å². The van der Waals surface area contributed by atoms with Gasteiger partial charge < -0.3 is 9.15 Å². The molecule has 0 radical (unpaired) electrons. The predicted octanol–water partition coefficient (Wildman–Crippen LogP) is 4.52. The molecule has 0 saturated heterocycles. The number of hydrogen-bond donors (Lipinski definition) is 0. The molecule has 0 amide bonds. The number of rotatable bonds is 4. The average molecular weight is 307 g/mol. The van der Waals surface area contributed by atoms with E-state index in [9.17, 15) is 0 Å². The van der Waals surface area contributed by atoms with Crippen molar-refractivity contribution in [3.63, 3.8) is 0 Å². The maximum Gasteiger partial charge on any atom is 0.228 e. The highest BCUT2D eigenvalue weighted by atomic mass is 35.5. The first-order valence-corrected chi connectivity index (χ1v) is 7.26. The zero-order valence-corrected chi connectivity index (χ0v) is 12.2. The molecule has 3 rings (SSSR count). The lowest BCUT2D eigenvalue weighted by molar-refractivity contribution is 0.327. The van der Waals surface area contributed by atoms with Crippen molar-refractivity contribution in [1.82, 2.24) is 9.97 Å². The number of hydrogen-bond acceptors (Lipinski definition) is 5. The van der Waals surface area contributed by atoms with Crippen molar-refractivity contribution >= 4 is 22.9 Å². The van der Waals surface area contributed by atoms with E-state index in [4.69, 9.17) is 20.8 Å². The van der Waals surface area contributed by atoms with Crippen LogP contribution < -0.4 is 4.74 Å². The van der Waals surface area contributed by atoms with Crippen LogP contribution in [0.25, 0.3) is 22.1 Å². The van der Waals surface area contributed by atoms with Crippen LogP contribution in [0, 0.1) is 0 Å². The quantitative estimate of drug-likeness (QED) is 0.711. The minimum atomic E-state index is 0.528. The van der Waals surface area contributed by atoms with Crippen LogP contribution in [0.4, 0.5) is 0 Å². The fraction of sp³-hybridized carbons (Fsp3) is 0.143. The summed E-state index contributed by atoms with van der Waals surface area (Å²) in [5, 5.41) is 0. The summed E-state index contributed by atoms with van der Waals surface area (Å²) in [5.41, 5.74) is 0.808. The molecule has 6 heteroatoms. The van der Waals surface area contributed by atoms with Crippen LogP contribution in [-0.2, 0) is 0 Å². The van der Waals surface area contributed by atoms with Crippen molar-refractivity contribution < 1.29 is 9.15 Å². The molecular formula is C14H11ClN2O2S. The number of thiophene rings is 1. The van der Waals surface area contributed by atoms with E-state index in [0.717, 1.165) is 14.8 Å². The van der Waals surface area contributed by atoms with Gasteiger partial charge in [0.15, 0.2) is 5.76 Å². The molecule has 0 N–H and O–H groups in total. The molecule has 0 aliphatic rings. The average Bonchev–Trinajstić information content (AvgIpc) is 3.09. The van der Waals surface area contributed by atoms with Crippen molar-refractivity contribution in [2.24, 2.45) is 0 Å². The maximum atomic E-state index is 5.91. The number of halogens is 1. The number of oxazole rings is 1. The van der Waals surface area contributed by atoms with E-state index >= 15 is 0 Å². The van der Waals surface area contributed by atoms with Crippen LogP contribution in [0.5, 0.6) is 5.88 Å². The molecule has 3 aromatic heterocycles. The third-order valence-corrected chi connectivity index (χ3v) is 3.84. The first-order chi connectivity index (χ1) is 9.76. The summed E-state index contributed by atoms with van der Waals surface area (Å²) in [5.74, 6) is 1.82. The minimum absolute atomic E-state index is 0.528. The van der Waals surface area contributed by atoms with Gasteiger partial charge in [0.25, 0.3) is 0 Å². The molecule has 3 aromatic rings. The molecule has 0 spiro atoms. The summed E-state index contributed by atoms with van der Waals surface area (Å²) in [6.07, 6.45) is 3.37. The fourth-order valence-electron chi connectivity index (χ4n) is 1.71. The minimum Gasteiger partial charge on any atom is -0.478 e. The highest BCUT2D eigenvalue weighted by Crippen LogP contribution is 2.33. The van der Waals surface area contributed by atoms with Crippen LogP contribution in [0.15, 0.2) is 41.1 Å². The summed E-state index contributed by atoms with van der Waals surface area (Å²) in [7, 11) is 0. The zero-order valence-electron chi connectivity index (χ0n) is 10.7. The second-order valence-electron chi connectivity index (χ2n) is 3.95. The summed E-state index contributed by atoms with van der Waals surface area (Å²) in [6, 6.07) is 7.41. The largest absolute Gasteiger partial charge is 0.478 e. The van der Waals surface area contributed by atoms with Gasteiger partial charge in [-0.3, -0.25) is 0 Å². The Morgan fingerprint density at radius 1 is 1.20 bits per heavy atom. The number of nitrogens with zero attached hydrogens (tertiary/aromatic N) is 2. The van der Waals surface area contributed by atoms with Crippen molar-refractivity contribution in [2.75, 3.05) is 6.61 Å². The molecule has 0 unspecified atom stereocenters.